The van der Waals surface area contributed by atoms with Gasteiger partial charge in [-0.1, -0.05) is 39.0 Å². The molecule has 1 atom stereocenters. The lowest BCUT2D eigenvalue weighted by Gasteiger charge is -2.42. The van der Waals surface area contributed by atoms with E-state index >= 15 is 0 Å². The van der Waals surface area contributed by atoms with Gasteiger partial charge in [-0.25, -0.2) is 0 Å². The molecule has 0 aromatic rings. The van der Waals surface area contributed by atoms with Crippen LogP contribution in [0.1, 0.15) is 45.4 Å². The second-order valence-electron chi connectivity index (χ2n) is 7.20. The van der Waals surface area contributed by atoms with Gasteiger partial charge in [0.25, 0.3) is 10.1 Å². The molecule has 0 fully saturated rings. The van der Waals surface area contributed by atoms with Gasteiger partial charge >= 0.3 is 41.7 Å². The predicted octanol–water partition coefficient (Wildman–Crippen LogP) is 6.98. The van der Waals surface area contributed by atoms with Crippen LogP contribution in [-0.2, 0) is 10.1 Å². The summed E-state index contributed by atoms with van der Waals surface area (Å²) in [4.78, 5) is 0. The smallest absolute Gasteiger partial charge is 0.285 e. The van der Waals surface area contributed by atoms with E-state index in [9.17, 15) is 74.3 Å². The number of hydrogen-bond donors (Lipinski definition) is 1. The Morgan fingerprint density at radius 3 is 1.29 bits per heavy atom. The van der Waals surface area contributed by atoms with E-state index < -0.39 is 69.9 Å². The summed E-state index contributed by atoms with van der Waals surface area (Å²) in [5.74, 6) is -48.5. The summed E-state index contributed by atoms with van der Waals surface area (Å²) in [5, 5.41) is -4.34. The van der Waals surface area contributed by atoms with E-state index in [1.807, 2.05) is 0 Å². The van der Waals surface area contributed by atoms with Gasteiger partial charge in [0.05, 0.1) is 0 Å². The third kappa shape index (κ3) is 5.33. The quantitative estimate of drug-likeness (QED) is 0.150. The Balaban J connectivity index is 6.55. The topological polar surface area (TPSA) is 54.4 Å². The number of alkyl halides is 15. The monoisotopic (exact) mass is 562 g/mol. The molecule has 0 radical (unpaired) electrons. The minimum Gasteiger partial charge on any atom is -0.285 e. The first kappa shape index (κ1) is 32.9. The molecule has 0 amide bonds. The third-order valence-corrected chi connectivity index (χ3v) is 5.94. The minimum absolute atomic E-state index is 0.129. The summed E-state index contributed by atoms with van der Waals surface area (Å²) in [5.41, 5.74) is 0. The van der Waals surface area contributed by atoms with Crippen LogP contribution in [0.15, 0.2) is 0 Å². The largest absolute Gasteiger partial charge is 0.460 e. The Morgan fingerprint density at radius 2 is 0.941 bits per heavy atom. The highest BCUT2D eigenvalue weighted by Gasteiger charge is 2.94. The summed E-state index contributed by atoms with van der Waals surface area (Å²) >= 11 is 0. The van der Waals surface area contributed by atoms with Crippen molar-refractivity contribution in [2.75, 3.05) is 0 Å². The van der Waals surface area contributed by atoms with Crippen molar-refractivity contribution in [3.05, 3.63) is 0 Å². The average Bonchev–Trinajstić information content (AvgIpc) is 2.61. The van der Waals surface area contributed by atoms with Crippen LogP contribution in [-0.4, -0.2) is 59.9 Å². The molecule has 0 saturated carbocycles. The van der Waals surface area contributed by atoms with Crippen molar-refractivity contribution < 1.29 is 78.8 Å². The Hall–Kier alpha value is -1.14. The molecule has 3 nitrogen and oxygen atoms in total. The molecular formula is C15H17F15O3S. The maximum Gasteiger partial charge on any atom is 0.460 e. The zero-order valence-electron chi connectivity index (χ0n) is 16.7. The molecule has 0 bridgehead atoms. The van der Waals surface area contributed by atoms with Crippen molar-refractivity contribution in [3.8, 4) is 0 Å². The van der Waals surface area contributed by atoms with Crippen LogP contribution in [0.25, 0.3) is 0 Å². The Bertz CT molecular complexity index is 789. The molecule has 34 heavy (non-hydrogen) atoms. The number of hydrogen-bond acceptors (Lipinski definition) is 2. The van der Waals surface area contributed by atoms with Gasteiger partial charge in [-0.3, -0.25) is 4.55 Å². The molecule has 0 aliphatic carbocycles. The second-order valence-corrected chi connectivity index (χ2v) is 8.80. The van der Waals surface area contributed by atoms with Gasteiger partial charge in [0.15, 0.2) is 5.25 Å². The minimum atomic E-state index is -8.52. The van der Waals surface area contributed by atoms with Crippen molar-refractivity contribution in [3.63, 3.8) is 0 Å². The Morgan fingerprint density at radius 1 is 0.588 bits per heavy atom. The predicted molar refractivity (Wildman–Crippen MR) is 84.4 cm³/mol. The fourth-order valence-electron chi connectivity index (χ4n) is 2.63. The van der Waals surface area contributed by atoms with E-state index in [1.165, 1.54) is 0 Å². The van der Waals surface area contributed by atoms with E-state index in [0.717, 1.165) is 0 Å². The van der Waals surface area contributed by atoms with Gasteiger partial charge in [-0.15, -0.1) is 0 Å². The van der Waals surface area contributed by atoms with E-state index in [-0.39, 0.29) is 12.8 Å². The van der Waals surface area contributed by atoms with Gasteiger partial charge in [-0.2, -0.15) is 74.3 Å². The van der Waals surface area contributed by atoms with Crippen LogP contribution in [0, 0.1) is 0 Å². The molecule has 19 heteroatoms. The third-order valence-electron chi connectivity index (χ3n) is 4.69. The van der Waals surface area contributed by atoms with Crippen molar-refractivity contribution >= 4 is 10.1 Å². The van der Waals surface area contributed by atoms with Crippen LogP contribution in [0.2, 0.25) is 0 Å². The maximum atomic E-state index is 14.1. The van der Waals surface area contributed by atoms with Crippen molar-refractivity contribution in [2.45, 2.75) is 92.4 Å². The lowest BCUT2D eigenvalue weighted by atomic mass is 9.89. The highest BCUT2D eigenvalue weighted by Crippen LogP contribution is 2.63. The van der Waals surface area contributed by atoms with Crippen molar-refractivity contribution in [1.29, 1.82) is 0 Å². The summed E-state index contributed by atoms with van der Waals surface area (Å²) in [6, 6.07) is 0. The molecule has 0 saturated heterocycles. The molecule has 1 unspecified atom stereocenters. The molecule has 0 spiro atoms. The van der Waals surface area contributed by atoms with E-state index in [4.69, 9.17) is 4.55 Å². The number of halogens is 15. The number of rotatable bonds is 13. The molecule has 0 aliphatic rings. The zero-order chi connectivity index (χ0) is 27.8. The fourth-order valence-corrected chi connectivity index (χ4v) is 3.62. The highest BCUT2D eigenvalue weighted by atomic mass is 32.2. The molecule has 0 heterocycles. The van der Waals surface area contributed by atoms with Crippen LogP contribution in [0.3, 0.4) is 0 Å². The van der Waals surface area contributed by atoms with Crippen LogP contribution < -0.4 is 0 Å². The van der Waals surface area contributed by atoms with Gasteiger partial charge < -0.3 is 0 Å². The lowest BCUT2D eigenvalue weighted by Crippen LogP contribution is -2.74. The molecule has 0 aliphatic heterocycles. The highest BCUT2D eigenvalue weighted by molar-refractivity contribution is 7.86. The Labute approximate surface area is 182 Å². The van der Waals surface area contributed by atoms with E-state index in [0.29, 0.717) is 12.8 Å². The average molecular weight is 562 g/mol. The van der Waals surface area contributed by atoms with E-state index in [1.54, 1.807) is 6.92 Å². The van der Waals surface area contributed by atoms with Crippen LogP contribution in [0.4, 0.5) is 65.9 Å². The summed E-state index contributed by atoms with van der Waals surface area (Å²) in [7, 11) is -6.52. The van der Waals surface area contributed by atoms with Gasteiger partial charge in [0.1, 0.15) is 0 Å². The van der Waals surface area contributed by atoms with Gasteiger partial charge in [0, 0.05) is 0 Å². The standard InChI is InChI=1S/C15H17F15O3S/c1-2-3-4-5-6-7-8(34(31,32)33)9(16,17)10(18,19)11(20,21)12(22,23)13(24,25)14(26,27)15(28,29)30/h8H,2-7H2,1H3,(H,31,32,33). The molecule has 1 N–H and O–H groups in total. The summed E-state index contributed by atoms with van der Waals surface area (Å²) < 4.78 is 229. The van der Waals surface area contributed by atoms with Gasteiger partial charge in [-0.05, 0) is 6.42 Å². The van der Waals surface area contributed by atoms with E-state index in [2.05, 4.69) is 0 Å². The SMILES string of the molecule is CCCCCCCC(C(F)(F)C(F)(F)C(F)(F)C(F)(F)C(F)(F)C(F)(F)C(F)(F)F)S(=O)(=O)O. The molecule has 0 aromatic heterocycles. The summed E-state index contributed by atoms with van der Waals surface area (Å²) in [6.45, 7) is 1.62. The Kier molecular flexibility index (Phi) is 9.40. The summed E-state index contributed by atoms with van der Waals surface area (Å²) in [6.07, 6.45) is -9.64. The molecule has 0 aromatic carbocycles. The maximum absolute atomic E-state index is 14.1. The zero-order valence-corrected chi connectivity index (χ0v) is 17.5. The van der Waals surface area contributed by atoms with Crippen molar-refractivity contribution in [1.82, 2.24) is 0 Å². The van der Waals surface area contributed by atoms with Crippen LogP contribution >= 0.6 is 0 Å². The molecule has 0 rings (SSSR count). The van der Waals surface area contributed by atoms with Gasteiger partial charge in [0.2, 0.25) is 0 Å². The molecular weight excluding hydrogens is 545 g/mol. The second kappa shape index (κ2) is 9.72. The molecule has 206 valence electrons. The first-order chi connectivity index (χ1) is 14.7. The first-order valence-corrected chi connectivity index (χ1v) is 10.5. The fraction of sp³-hybridized carbons (Fsp3) is 1.00. The number of unbranched alkanes of at least 4 members (excludes halogenated alkanes) is 4. The lowest BCUT2D eigenvalue weighted by molar-refractivity contribution is -0.452. The van der Waals surface area contributed by atoms with Crippen LogP contribution in [0.5, 0.6) is 0 Å². The first-order valence-electron chi connectivity index (χ1n) is 8.99. The van der Waals surface area contributed by atoms with Crippen molar-refractivity contribution in [2.24, 2.45) is 0 Å². The normalized spacial score (nSPS) is 16.6.